The number of carbonyl (C=O) groups excluding carboxylic acids is 1. The van der Waals surface area contributed by atoms with Crippen LogP contribution in [0.25, 0.3) is 0 Å². The van der Waals surface area contributed by atoms with Crippen LogP contribution in [0, 0.1) is 0 Å². The van der Waals surface area contributed by atoms with E-state index in [4.69, 9.17) is 4.74 Å². The minimum absolute atomic E-state index is 0.207. The number of ketones is 1. The van der Waals surface area contributed by atoms with Crippen LogP contribution in [0.15, 0.2) is 48.7 Å². The molecule has 2 heterocycles. The zero-order valence-electron chi connectivity index (χ0n) is 17.7. The molecule has 3 rings (SSSR count). The average molecular weight is 396 g/mol. The van der Waals surface area contributed by atoms with E-state index in [2.05, 4.69) is 33.0 Å². The Balaban J connectivity index is 1.44. The van der Waals surface area contributed by atoms with Crippen molar-refractivity contribution in [3.05, 3.63) is 59.9 Å². The molecule has 1 aliphatic rings. The Morgan fingerprint density at radius 3 is 2.62 bits per heavy atom. The number of pyridine rings is 1. The highest BCUT2D eigenvalue weighted by Crippen LogP contribution is 2.33. The van der Waals surface area contributed by atoms with Crippen molar-refractivity contribution in [1.29, 1.82) is 0 Å². The molecule has 0 saturated carbocycles. The summed E-state index contributed by atoms with van der Waals surface area (Å²) >= 11 is 0. The van der Waals surface area contributed by atoms with Gasteiger partial charge in [-0.3, -0.25) is 14.7 Å². The third kappa shape index (κ3) is 6.65. The molecule has 1 aromatic heterocycles. The van der Waals surface area contributed by atoms with Crippen LogP contribution in [0.5, 0.6) is 5.75 Å². The number of nitrogens with zero attached hydrogens (tertiary/aromatic N) is 3. The van der Waals surface area contributed by atoms with Crippen molar-refractivity contribution in [1.82, 2.24) is 14.8 Å². The summed E-state index contributed by atoms with van der Waals surface area (Å²) in [6.07, 6.45) is 5.23. The number of Topliss-reactive ketones (excluding diaryl/α,β-unsaturated/α-hetero) is 1. The first-order chi connectivity index (χ1) is 14.2. The van der Waals surface area contributed by atoms with Gasteiger partial charge < -0.3 is 9.64 Å². The number of methoxy groups -OCH3 is 1. The van der Waals surface area contributed by atoms with E-state index >= 15 is 0 Å². The van der Waals surface area contributed by atoms with Gasteiger partial charge in [-0.15, -0.1) is 0 Å². The summed E-state index contributed by atoms with van der Waals surface area (Å²) in [5.41, 5.74) is 2.36. The summed E-state index contributed by atoms with van der Waals surface area (Å²) < 4.78 is 5.55. The second-order valence-corrected chi connectivity index (χ2v) is 7.95. The lowest BCUT2D eigenvalue weighted by Crippen LogP contribution is -2.36. The zero-order chi connectivity index (χ0) is 20.5. The van der Waals surface area contributed by atoms with E-state index in [0.29, 0.717) is 12.5 Å². The lowest BCUT2D eigenvalue weighted by Gasteiger charge is -2.33. The van der Waals surface area contributed by atoms with E-state index in [-0.39, 0.29) is 5.78 Å². The standard InChI is InChI=1S/C24H33N3O2/c1-20(28)18-27(19-22-8-5-6-13-25-22)15-7-14-26-16-11-21(12-17-26)23-9-3-4-10-24(23)29-2/h3-6,8-10,13,21H,7,11-12,14-19H2,1-2H3. The van der Waals surface area contributed by atoms with Gasteiger partial charge in [-0.25, -0.2) is 0 Å². The first kappa shape index (κ1) is 21.5. The number of para-hydroxylation sites is 1. The predicted molar refractivity (Wildman–Crippen MR) is 116 cm³/mol. The van der Waals surface area contributed by atoms with Crippen molar-refractivity contribution >= 4 is 5.78 Å². The van der Waals surface area contributed by atoms with E-state index in [1.165, 1.54) is 18.4 Å². The second kappa shape index (κ2) is 11.1. The summed E-state index contributed by atoms with van der Waals surface area (Å²) in [4.78, 5) is 20.8. The van der Waals surface area contributed by atoms with Gasteiger partial charge in [-0.1, -0.05) is 24.3 Å². The molecule has 2 aromatic rings. The smallest absolute Gasteiger partial charge is 0.143 e. The molecular weight excluding hydrogens is 362 g/mol. The number of likely N-dealkylation sites (tertiary alicyclic amines) is 1. The van der Waals surface area contributed by atoms with E-state index in [9.17, 15) is 4.79 Å². The van der Waals surface area contributed by atoms with Crippen molar-refractivity contribution in [2.45, 2.75) is 38.6 Å². The highest BCUT2D eigenvalue weighted by atomic mass is 16.5. The number of hydrogen-bond acceptors (Lipinski definition) is 5. The van der Waals surface area contributed by atoms with Crippen molar-refractivity contribution in [2.75, 3.05) is 39.8 Å². The summed E-state index contributed by atoms with van der Waals surface area (Å²) in [7, 11) is 1.76. The van der Waals surface area contributed by atoms with Crippen LogP contribution < -0.4 is 4.74 Å². The number of carbonyl (C=O) groups is 1. The molecule has 0 unspecified atom stereocenters. The topological polar surface area (TPSA) is 45.7 Å². The van der Waals surface area contributed by atoms with Crippen molar-refractivity contribution in [3.63, 3.8) is 0 Å². The highest BCUT2D eigenvalue weighted by Gasteiger charge is 2.22. The van der Waals surface area contributed by atoms with Crippen LogP contribution in [-0.2, 0) is 11.3 Å². The monoisotopic (exact) mass is 395 g/mol. The Labute approximate surface area is 174 Å². The molecule has 156 valence electrons. The zero-order valence-corrected chi connectivity index (χ0v) is 17.7. The van der Waals surface area contributed by atoms with E-state index in [1.807, 2.05) is 30.5 Å². The first-order valence-corrected chi connectivity index (χ1v) is 10.6. The van der Waals surface area contributed by atoms with Gasteiger partial charge in [0.2, 0.25) is 0 Å². The maximum Gasteiger partial charge on any atom is 0.143 e. The molecule has 0 atom stereocenters. The van der Waals surface area contributed by atoms with Crippen molar-refractivity contribution < 1.29 is 9.53 Å². The third-order valence-electron chi connectivity index (χ3n) is 5.67. The minimum Gasteiger partial charge on any atom is -0.496 e. The predicted octanol–water partition coefficient (Wildman–Crippen LogP) is 3.75. The molecule has 0 amide bonds. The van der Waals surface area contributed by atoms with Gasteiger partial charge in [-0.05, 0) is 75.5 Å². The third-order valence-corrected chi connectivity index (χ3v) is 5.67. The van der Waals surface area contributed by atoms with Crippen LogP contribution in [0.3, 0.4) is 0 Å². The number of piperidine rings is 1. The van der Waals surface area contributed by atoms with Crippen LogP contribution in [0.4, 0.5) is 0 Å². The van der Waals surface area contributed by atoms with Gasteiger partial charge in [0.05, 0.1) is 19.3 Å². The Bertz CT molecular complexity index is 758. The number of hydrogen-bond donors (Lipinski definition) is 0. The summed E-state index contributed by atoms with van der Waals surface area (Å²) in [5.74, 6) is 1.81. The number of ether oxygens (including phenoxy) is 1. The van der Waals surface area contributed by atoms with Gasteiger partial charge in [0.15, 0.2) is 0 Å². The Morgan fingerprint density at radius 1 is 1.17 bits per heavy atom. The van der Waals surface area contributed by atoms with Crippen LogP contribution in [-0.4, -0.2) is 60.4 Å². The normalized spacial score (nSPS) is 15.6. The Morgan fingerprint density at radius 2 is 1.93 bits per heavy atom. The fourth-order valence-corrected chi connectivity index (χ4v) is 4.24. The van der Waals surface area contributed by atoms with Gasteiger partial charge in [0.1, 0.15) is 11.5 Å². The molecule has 5 nitrogen and oxygen atoms in total. The lowest BCUT2D eigenvalue weighted by atomic mass is 9.89. The lowest BCUT2D eigenvalue weighted by molar-refractivity contribution is -0.118. The average Bonchev–Trinajstić information content (AvgIpc) is 2.74. The first-order valence-electron chi connectivity index (χ1n) is 10.6. The molecule has 1 saturated heterocycles. The SMILES string of the molecule is COc1ccccc1C1CCN(CCCN(CC(C)=O)Cc2ccccn2)CC1. The van der Waals surface area contributed by atoms with Gasteiger partial charge in [0.25, 0.3) is 0 Å². The van der Waals surface area contributed by atoms with E-state index in [0.717, 1.165) is 50.6 Å². The second-order valence-electron chi connectivity index (χ2n) is 7.95. The molecule has 0 N–H and O–H groups in total. The molecule has 5 heteroatoms. The molecule has 0 aliphatic carbocycles. The fraction of sp³-hybridized carbons (Fsp3) is 0.500. The minimum atomic E-state index is 0.207. The van der Waals surface area contributed by atoms with Crippen LogP contribution in [0.1, 0.15) is 43.4 Å². The van der Waals surface area contributed by atoms with Gasteiger partial charge in [0, 0.05) is 19.3 Å². The maximum atomic E-state index is 11.6. The van der Waals surface area contributed by atoms with Gasteiger partial charge >= 0.3 is 0 Å². The molecule has 1 aliphatic heterocycles. The number of aromatic nitrogens is 1. The number of benzene rings is 1. The molecule has 29 heavy (non-hydrogen) atoms. The molecule has 0 spiro atoms. The Hall–Kier alpha value is -2.24. The number of rotatable bonds is 10. The molecular formula is C24H33N3O2. The summed E-state index contributed by atoms with van der Waals surface area (Å²) in [6.45, 7) is 7.12. The van der Waals surface area contributed by atoms with Gasteiger partial charge in [-0.2, -0.15) is 0 Å². The maximum absolute atomic E-state index is 11.6. The molecule has 0 bridgehead atoms. The van der Waals surface area contributed by atoms with Crippen molar-refractivity contribution in [3.8, 4) is 5.75 Å². The van der Waals surface area contributed by atoms with E-state index < -0.39 is 0 Å². The highest BCUT2D eigenvalue weighted by molar-refractivity contribution is 5.77. The summed E-state index contributed by atoms with van der Waals surface area (Å²) in [6, 6.07) is 14.4. The van der Waals surface area contributed by atoms with Crippen LogP contribution >= 0.6 is 0 Å². The molecule has 1 fully saturated rings. The van der Waals surface area contributed by atoms with Crippen LogP contribution in [0.2, 0.25) is 0 Å². The van der Waals surface area contributed by atoms with Crippen molar-refractivity contribution in [2.24, 2.45) is 0 Å². The Kier molecular flexibility index (Phi) is 8.20. The van der Waals surface area contributed by atoms with E-state index in [1.54, 1.807) is 14.0 Å². The molecule has 1 aromatic carbocycles. The summed E-state index contributed by atoms with van der Waals surface area (Å²) in [5, 5.41) is 0. The molecule has 0 radical (unpaired) electrons. The largest absolute Gasteiger partial charge is 0.496 e. The fourth-order valence-electron chi connectivity index (χ4n) is 4.24. The quantitative estimate of drug-likeness (QED) is 0.613.